The lowest BCUT2D eigenvalue weighted by Gasteiger charge is -2.11. The molecule has 0 aliphatic carbocycles. The van der Waals surface area contributed by atoms with Gasteiger partial charge in [0, 0.05) is 0 Å². The molecule has 0 aromatic carbocycles. The van der Waals surface area contributed by atoms with Crippen LogP contribution >= 0.6 is 0 Å². The third-order valence-electron chi connectivity index (χ3n) is 3.83. The number of carbonyl (C=O) groups is 1. The lowest BCUT2D eigenvalue weighted by atomic mass is 10.0. The molecule has 0 radical (unpaired) electrons. The minimum absolute atomic E-state index is 0.0300. The standard InChI is InChI=1S/C15H31NO5S/c1-2-3-4-5-6-7-8-9-10-11-12-13-14(15(17)16-18)22(19,20)21/h14,18H,2-13H2,1H3,(H,16,17)(H,19,20,21). The first-order valence-electron chi connectivity index (χ1n) is 8.33. The molecule has 0 saturated carbocycles. The summed E-state index contributed by atoms with van der Waals surface area (Å²) in [5, 5.41) is 6.90. The zero-order valence-electron chi connectivity index (χ0n) is 13.6. The molecule has 0 heterocycles. The molecule has 132 valence electrons. The minimum atomic E-state index is -4.46. The number of rotatable bonds is 14. The molecule has 0 fully saturated rings. The van der Waals surface area contributed by atoms with Crippen molar-refractivity contribution < 1.29 is 23.0 Å². The second kappa shape index (κ2) is 12.8. The van der Waals surface area contributed by atoms with Crippen LogP contribution in [-0.4, -0.2) is 29.3 Å². The van der Waals surface area contributed by atoms with E-state index in [4.69, 9.17) is 9.76 Å². The summed E-state index contributed by atoms with van der Waals surface area (Å²) in [7, 11) is -4.46. The SMILES string of the molecule is CCCCCCCCCCCCCC(C(=O)NO)S(=O)(=O)O. The molecule has 0 aliphatic rings. The molecule has 22 heavy (non-hydrogen) atoms. The van der Waals surface area contributed by atoms with Gasteiger partial charge in [-0.15, -0.1) is 0 Å². The van der Waals surface area contributed by atoms with Gasteiger partial charge in [0.2, 0.25) is 0 Å². The van der Waals surface area contributed by atoms with Gasteiger partial charge in [-0.3, -0.25) is 14.6 Å². The number of unbranched alkanes of at least 4 members (excludes halogenated alkanes) is 10. The van der Waals surface area contributed by atoms with E-state index in [-0.39, 0.29) is 6.42 Å². The van der Waals surface area contributed by atoms with Crippen LogP contribution in [-0.2, 0) is 14.9 Å². The predicted molar refractivity (Wildman–Crippen MR) is 86.3 cm³/mol. The van der Waals surface area contributed by atoms with Crippen LogP contribution in [0.4, 0.5) is 0 Å². The van der Waals surface area contributed by atoms with Crippen LogP contribution in [0.5, 0.6) is 0 Å². The Balaban J connectivity index is 3.61. The average molecular weight is 337 g/mol. The highest BCUT2D eigenvalue weighted by Gasteiger charge is 2.30. The molecule has 0 aromatic rings. The first-order chi connectivity index (χ1) is 10.4. The topological polar surface area (TPSA) is 104 Å². The molecule has 0 aliphatic heterocycles. The van der Waals surface area contributed by atoms with Crippen molar-refractivity contribution in [2.24, 2.45) is 0 Å². The van der Waals surface area contributed by atoms with Gasteiger partial charge in [0.05, 0.1) is 0 Å². The van der Waals surface area contributed by atoms with E-state index in [1.807, 2.05) is 0 Å². The highest BCUT2D eigenvalue weighted by molar-refractivity contribution is 7.87. The first-order valence-corrected chi connectivity index (χ1v) is 9.84. The van der Waals surface area contributed by atoms with Crippen molar-refractivity contribution in [3.05, 3.63) is 0 Å². The van der Waals surface area contributed by atoms with Crippen LogP contribution in [0.25, 0.3) is 0 Å². The molecule has 0 bridgehead atoms. The van der Waals surface area contributed by atoms with Crippen LogP contribution in [0.3, 0.4) is 0 Å². The molecule has 7 heteroatoms. The van der Waals surface area contributed by atoms with E-state index in [0.29, 0.717) is 6.42 Å². The predicted octanol–water partition coefficient (Wildman–Crippen LogP) is 3.45. The van der Waals surface area contributed by atoms with Gasteiger partial charge in [-0.05, 0) is 6.42 Å². The van der Waals surface area contributed by atoms with Crippen molar-refractivity contribution in [3.8, 4) is 0 Å². The molecular weight excluding hydrogens is 306 g/mol. The third-order valence-corrected chi connectivity index (χ3v) is 5.00. The van der Waals surface area contributed by atoms with Crippen LogP contribution in [0.1, 0.15) is 84.0 Å². The fraction of sp³-hybridized carbons (Fsp3) is 0.933. The van der Waals surface area contributed by atoms with Crippen molar-refractivity contribution in [1.29, 1.82) is 0 Å². The van der Waals surface area contributed by atoms with E-state index in [0.717, 1.165) is 19.3 Å². The van der Waals surface area contributed by atoms with Crippen molar-refractivity contribution in [1.82, 2.24) is 5.48 Å². The number of hydrogen-bond acceptors (Lipinski definition) is 4. The van der Waals surface area contributed by atoms with Gasteiger partial charge >= 0.3 is 0 Å². The zero-order chi connectivity index (χ0) is 16.8. The number of nitrogens with one attached hydrogen (secondary N) is 1. The molecule has 0 rings (SSSR count). The molecule has 3 N–H and O–H groups in total. The number of hydrogen-bond donors (Lipinski definition) is 3. The summed E-state index contributed by atoms with van der Waals surface area (Å²) in [5.74, 6) is -1.07. The third kappa shape index (κ3) is 11.0. The van der Waals surface area contributed by atoms with E-state index < -0.39 is 21.3 Å². The molecule has 1 atom stereocenters. The Bertz CT molecular complexity index is 383. The maximum Gasteiger partial charge on any atom is 0.277 e. The molecule has 1 unspecified atom stereocenters. The van der Waals surface area contributed by atoms with Crippen LogP contribution < -0.4 is 5.48 Å². The Labute approximate surface area is 134 Å². The maximum atomic E-state index is 11.2. The molecular formula is C15H31NO5S. The summed E-state index contributed by atoms with van der Waals surface area (Å²) in [6.45, 7) is 2.21. The monoisotopic (exact) mass is 337 g/mol. The molecule has 6 nitrogen and oxygen atoms in total. The van der Waals surface area contributed by atoms with E-state index in [9.17, 15) is 13.2 Å². The lowest BCUT2D eigenvalue weighted by Crippen LogP contribution is -2.38. The van der Waals surface area contributed by atoms with Crippen LogP contribution in [0, 0.1) is 0 Å². The molecule has 0 saturated heterocycles. The van der Waals surface area contributed by atoms with Crippen molar-refractivity contribution in [2.75, 3.05) is 0 Å². The Morgan fingerprint density at radius 3 is 1.68 bits per heavy atom. The Hall–Kier alpha value is -0.660. The number of carbonyl (C=O) groups excluding carboxylic acids is 1. The summed E-state index contributed by atoms with van der Waals surface area (Å²) in [4.78, 5) is 11.2. The van der Waals surface area contributed by atoms with E-state index in [1.165, 1.54) is 50.4 Å². The number of hydroxylamine groups is 1. The van der Waals surface area contributed by atoms with Gasteiger partial charge in [-0.1, -0.05) is 77.6 Å². The van der Waals surface area contributed by atoms with Gasteiger partial charge in [0.15, 0.2) is 5.25 Å². The van der Waals surface area contributed by atoms with Crippen molar-refractivity contribution in [2.45, 2.75) is 89.2 Å². The fourth-order valence-corrected chi connectivity index (χ4v) is 3.27. The minimum Gasteiger partial charge on any atom is -0.289 e. The van der Waals surface area contributed by atoms with Gasteiger partial charge in [-0.25, -0.2) is 5.48 Å². The lowest BCUT2D eigenvalue weighted by molar-refractivity contribution is -0.129. The van der Waals surface area contributed by atoms with Crippen LogP contribution in [0.2, 0.25) is 0 Å². The molecule has 1 amide bonds. The van der Waals surface area contributed by atoms with E-state index in [1.54, 1.807) is 0 Å². The maximum absolute atomic E-state index is 11.2. The van der Waals surface area contributed by atoms with Crippen molar-refractivity contribution in [3.63, 3.8) is 0 Å². The highest BCUT2D eigenvalue weighted by Crippen LogP contribution is 2.14. The summed E-state index contributed by atoms with van der Waals surface area (Å²) in [6.07, 6.45) is 12.4. The van der Waals surface area contributed by atoms with E-state index >= 15 is 0 Å². The highest BCUT2D eigenvalue weighted by atomic mass is 32.2. The second-order valence-corrected chi connectivity index (χ2v) is 7.40. The Morgan fingerprint density at radius 1 is 0.909 bits per heavy atom. The van der Waals surface area contributed by atoms with E-state index in [2.05, 4.69) is 6.92 Å². The quantitative estimate of drug-likeness (QED) is 0.195. The average Bonchev–Trinajstić information content (AvgIpc) is 2.46. The van der Waals surface area contributed by atoms with Gasteiger partial charge in [0.25, 0.3) is 16.0 Å². The fourth-order valence-electron chi connectivity index (χ4n) is 2.48. The van der Waals surface area contributed by atoms with Gasteiger partial charge < -0.3 is 0 Å². The largest absolute Gasteiger partial charge is 0.289 e. The molecule has 0 aromatic heterocycles. The van der Waals surface area contributed by atoms with Gasteiger partial charge in [-0.2, -0.15) is 8.42 Å². The Kier molecular flexibility index (Phi) is 12.5. The summed E-state index contributed by atoms with van der Waals surface area (Å²) < 4.78 is 31.0. The first kappa shape index (κ1) is 21.3. The summed E-state index contributed by atoms with van der Waals surface area (Å²) in [6, 6.07) is 0. The smallest absolute Gasteiger partial charge is 0.277 e. The summed E-state index contributed by atoms with van der Waals surface area (Å²) in [5.41, 5.74) is 1.28. The number of amides is 1. The normalized spacial score (nSPS) is 13.0. The van der Waals surface area contributed by atoms with Gasteiger partial charge in [0.1, 0.15) is 0 Å². The van der Waals surface area contributed by atoms with Crippen molar-refractivity contribution >= 4 is 16.0 Å². The Morgan fingerprint density at radius 2 is 1.32 bits per heavy atom. The summed E-state index contributed by atoms with van der Waals surface area (Å²) >= 11 is 0. The molecule has 0 spiro atoms. The second-order valence-electron chi connectivity index (χ2n) is 5.80. The van der Waals surface area contributed by atoms with Crippen LogP contribution in [0.15, 0.2) is 0 Å². The zero-order valence-corrected chi connectivity index (χ0v) is 14.4.